The summed E-state index contributed by atoms with van der Waals surface area (Å²) in [6.45, 7) is 3.08. The number of amides is 1. The van der Waals surface area contributed by atoms with Gasteiger partial charge in [-0.05, 0) is 30.2 Å². The van der Waals surface area contributed by atoms with E-state index in [0.717, 1.165) is 17.7 Å². The van der Waals surface area contributed by atoms with Gasteiger partial charge in [0.2, 0.25) is 0 Å². The van der Waals surface area contributed by atoms with Crippen molar-refractivity contribution in [3.05, 3.63) is 58.9 Å². The van der Waals surface area contributed by atoms with Crippen LogP contribution in [0.5, 0.6) is 0 Å². The molecule has 1 amide bonds. The number of morpholine rings is 1. The molecule has 0 radical (unpaired) electrons. The van der Waals surface area contributed by atoms with Gasteiger partial charge in [-0.1, -0.05) is 18.2 Å². The number of carbonyl (C=O) groups excluding carboxylic acids is 1. The molecule has 134 valence electrons. The van der Waals surface area contributed by atoms with Crippen LogP contribution < -0.4 is 0 Å². The van der Waals surface area contributed by atoms with Crippen molar-refractivity contribution in [1.82, 2.24) is 9.88 Å². The van der Waals surface area contributed by atoms with Gasteiger partial charge in [0.1, 0.15) is 5.69 Å². The molecule has 1 fully saturated rings. The van der Waals surface area contributed by atoms with Gasteiger partial charge in [-0.15, -0.1) is 0 Å². The Morgan fingerprint density at radius 3 is 2.84 bits per heavy atom. The first-order valence-electron chi connectivity index (χ1n) is 8.05. The van der Waals surface area contributed by atoms with Gasteiger partial charge in [-0.3, -0.25) is 4.79 Å². The number of nitrogens with zero attached hydrogens (tertiary/aromatic N) is 1. The van der Waals surface area contributed by atoms with E-state index < -0.39 is 11.7 Å². The average Bonchev–Trinajstić information content (AvgIpc) is 3.00. The third-order valence-corrected chi connectivity index (χ3v) is 4.20. The van der Waals surface area contributed by atoms with E-state index in [9.17, 15) is 18.0 Å². The van der Waals surface area contributed by atoms with E-state index in [1.165, 1.54) is 6.07 Å². The highest BCUT2D eigenvalue weighted by Crippen LogP contribution is 2.30. The highest BCUT2D eigenvalue weighted by atomic mass is 19.4. The standard InChI is InChI=1S/C18H19F3N2O2/c1-12-7-16(22-10-12)17(24)23-5-6-25-15(11-23)9-13-3-2-4-14(8-13)18(19,20)21/h2-4,7-8,10,15,22H,5-6,9,11H2,1H3. The Morgan fingerprint density at radius 2 is 2.16 bits per heavy atom. The molecule has 1 aromatic carbocycles. The smallest absolute Gasteiger partial charge is 0.374 e. The number of benzene rings is 1. The molecular weight excluding hydrogens is 333 g/mol. The second kappa shape index (κ2) is 6.92. The van der Waals surface area contributed by atoms with E-state index in [1.54, 1.807) is 23.2 Å². The normalized spacial score (nSPS) is 18.4. The van der Waals surface area contributed by atoms with E-state index in [4.69, 9.17) is 4.74 Å². The van der Waals surface area contributed by atoms with Gasteiger partial charge in [-0.25, -0.2) is 0 Å². The summed E-state index contributed by atoms with van der Waals surface area (Å²) in [7, 11) is 0. The number of ether oxygens (including phenoxy) is 1. The Labute approximate surface area is 143 Å². The number of aryl methyl sites for hydroxylation is 1. The number of hydrogen-bond acceptors (Lipinski definition) is 2. The number of hydrogen-bond donors (Lipinski definition) is 1. The predicted octanol–water partition coefficient (Wildman–Crippen LogP) is 3.43. The number of carbonyl (C=O) groups is 1. The summed E-state index contributed by atoms with van der Waals surface area (Å²) in [5.74, 6) is -0.120. The summed E-state index contributed by atoms with van der Waals surface area (Å²) in [5, 5.41) is 0. The van der Waals surface area contributed by atoms with Gasteiger partial charge in [0.15, 0.2) is 0 Å². The third-order valence-electron chi connectivity index (χ3n) is 4.20. The maximum atomic E-state index is 12.8. The summed E-state index contributed by atoms with van der Waals surface area (Å²) >= 11 is 0. The fraction of sp³-hybridized carbons (Fsp3) is 0.389. The topological polar surface area (TPSA) is 45.3 Å². The van der Waals surface area contributed by atoms with E-state index >= 15 is 0 Å². The van der Waals surface area contributed by atoms with Gasteiger partial charge >= 0.3 is 6.18 Å². The summed E-state index contributed by atoms with van der Waals surface area (Å²) in [5.41, 5.74) is 1.36. The molecule has 1 N–H and O–H groups in total. The Morgan fingerprint density at radius 1 is 1.36 bits per heavy atom. The van der Waals surface area contributed by atoms with Crippen LogP contribution in [0.3, 0.4) is 0 Å². The molecule has 0 spiro atoms. The highest BCUT2D eigenvalue weighted by molar-refractivity contribution is 5.92. The lowest BCUT2D eigenvalue weighted by Crippen LogP contribution is -2.46. The van der Waals surface area contributed by atoms with Crippen LogP contribution in [-0.4, -0.2) is 41.6 Å². The van der Waals surface area contributed by atoms with Crippen molar-refractivity contribution in [3.63, 3.8) is 0 Å². The Balaban J connectivity index is 1.67. The minimum absolute atomic E-state index is 0.120. The number of alkyl halides is 3. The fourth-order valence-electron chi connectivity index (χ4n) is 2.96. The lowest BCUT2D eigenvalue weighted by molar-refractivity contribution is -0.137. The molecule has 1 saturated heterocycles. The zero-order valence-corrected chi connectivity index (χ0v) is 13.8. The SMILES string of the molecule is Cc1c[nH]c(C(=O)N2CCOC(Cc3cccc(C(F)(F)F)c3)C2)c1. The minimum atomic E-state index is -4.36. The molecule has 1 aliphatic rings. The first-order chi connectivity index (χ1) is 11.8. The summed E-state index contributed by atoms with van der Waals surface area (Å²) in [6, 6.07) is 7.01. The number of rotatable bonds is 3. The zero-order chi connectivity index (χ0) is 18.0. The van der Waals surface area contributed by atoms with Gasteiger partial charge in [0.05, 0.1) is 18.3 Å². The molecule has 1 atom stereocenters. The van der Waals surface area contributed by atoms with Crippen molar-refractivity contribution in [2.45, 2.75) is 25.6 Å². The molecule has 1 aliphatic heterocycles. The number of aromatic nitrogens is 1. The van der Waals surface area contributed by atoms with Crippen LogP contribution in [0.25, 0.3) is 0 Å². The second-order valence-electron chi connectivity index (χ2n) is 6.24. The molecule has 7 heteroatoms. The summed E-state index contributed by atoms with van der Waals surface area (Å²) in [4.78, 5) is 17.1. The zero-order valence-electron chi connectivity index (χ0n) is 13.8. The van der Waals surface area contributed by atoms with E-state index in [-0.39, 0.29) is 12.0 Å². The quantitative estimate of drug-likeness (QED) is 0.920. The van der Waals surface area contributed by atoms with Crippen LogP contribution in [0, 0.1) is 6.92 Å². The molecule has 3 rings (SSSR count). The Bertz CT molecular complexity index is 755. The van der Waals surface area contributed by atoms with Gasteiger partial charge in [-0.2, -0.15) is 13.2 Å². The average molecular weight is 352 g/mol. The van der Waals surface area contributed by atoms with Crippen LogP contribution in [0.15, 0.2) is 36.5 Å². The van der Waals surface area contributed by atoms with Crippen LogP contribution in [0.4, 0.5) is 13.2 Å². The number of H-pyrrole nitrogens is 1. The van der Waals surface area contributed by atoms with Crippen molar-refractivity contribution in [2.24, 2.45) is 0 Å². The van der Waals surface area contributed by atoms with Gasteiger partial charge < -0.3 is 14.6 Å². The van der Waals surface area contributed by atoms with Gasteiger partial charge in [0, 0.05) is 25.7 Å². The first-order valence-corrected chi connectivity index (χ1v) is 8.05. The van der Waals surface area contributed by atoms with Crippen LogP contribution in [-0.2, 0) is 17.3 Å². The van der Waals surface area contributed by atoms with E-state index in [1.807, 2.05) is 6.92 Å². The minimum Gasteiger partial charge on any atom is -0.374 e. The summed E-state index contributed by atoms with van der Waals surface area (Å²) in [6.07, 6.45) is -2.60. The molecule has 0 saturated carbocycles. The fourth-order valence-corrected chi connectivity index (χ4v) is 2.96. The van der Waals surface area contributed by atoms with E-state index in [0.29, 0.717) is 37.4 Å². The molecule has 2 heterocycles. The number of aromatic amines is 1. The largest absolute Gasteiger partial charge is 0.416 e. The number of halogens is 3. The lowest BCUT2D eigenvalue weighted by atomic mass is 10.0. The van der Waals surface area contributed by atoms with E-state index in [2.05, 4.69) is 4.98 Å². The molecule has 4 nitrogen and oxygen atoms in total. The molecule has 0 aliphatic carbocycles. The number of nitrogens with one attached hydrogen (secondary N) is 1. The Kier molecular flexibility index (Phi) is 4.85. The third kappa shape index (κ3) is 4.22. The van der Waals surface area contributed by atoms with Crippen molar-refractivity contribution in [2.75, 3.05) is 19.7 Å². The molecule has 1 aromatic heterocycles. The first kappa shape index (κ1) is 17.5. The van der Waals surface area contributed by atoms with Crippen molar-refractivity contribution in [3.8, 4) is 0 Å². The van der Waals surface area contributed by atoms with Crippen LogP contribution in [0.2, 0.25) is 0 Å². The monoisotopic (exact) mass is 352 g/mol. The van der Waals surface area contributed by atoms with Crippen LogP contribution >= 0.6 is 0 Å². The van der Waals surface area contributed by atoms with Crippen LogP contribution in [0.1, 0.15) is 27.2 Å². The van der Waals surface area contributed by atoms with Gasteiger partial charge in [0.25, 0.3) is 5.91 Å². The molecule has 1 unspecified atom stereocenters. The summed E-state index contributed by atoms with van der Waals surface area (Å²) < 4.78 is 44.1. The van der Waals surface area contributed by atoms with Crippen molar-refractivity contribution < 1.29 is 22.7 Å². The maximum Gasteiger partial charge on any atom is 0.416 e. The maximum absolute atomic E-state index is 12.8. The Hall–Kier alpha value is -2.28. The molecular formula is C18H19F3N2O2. The predicted molar refractivity (Wildman–Crippen MR) is 86.3 cm³/mol. The molecule has 0 bridgehead atoms. The molecule has 2 aromatic rings. The van der Waals surface area contributed by atoms with Crippen molar-refractivity contribution >= 4 is 5.91 Å². The second-order valence-corrected chi connectivity index (χ2v) is 6.24. The lowest BCUT2D eigenvalue weighted by Gasteiger charge is -2.33. The van der Waals surface area contributed by atoms with Crippen molar-refractivity contribution in [1.29, 1.82) is 0 Å². The molecule has 25 heavy (non-hydrogen) atoms. The highest BCUT2D eigenvalue weighted by Gasteiger charge is 2.31.